The smallest absolute Gasteiger partial charge is 0.242 e. The molecule has 0 radical (unpaired) electrons. The van der Waals surface area contributed by atoms with Gasteiger partial charge in [-0.3, -0.25) is 10.1 Å². The molecule has 0 fully saturated rings. The number of carbonyl (C=O) groups is 1. The van der Waals surface area contributed by atoms with E-state index in [4.69, 9.17) is 5.73 Å². The number of rotatable bonds is 5. The number of primary amides is 1. The second kappa shape index (κ2) is 6.37. The zero-order chi connectivity index (χ0) is 15.5. The topological polar surface area (TPSA) is 55.1 Å². The highest BCUT2D eigenvalue weighted by atomic mass is 79.9. The molecule has 0 heterocycles. The van der Waals surface area contributed by atoms with E-state index in [0.29, 0.717) is 16.6 Å². The van der Waals surface area contributed by atoms with Gasteiger partial charge in [-0.2, -0.15) is 0 Å². The van der Waals surface area contributed by atoms with Crippen LogP contribution in [0, 0.1) is 5.82 Å². The Bertz CT molecular complexity index is 648. The van der Waals surface area contributed by atoms with Crippen molar-refractivity contribution in [2.75, 3.05) is 0 Å². The molecule has 0 spiro atoms. The highest BCUT2D eigenvalue weighted by Gasteiger charge is 2.34. The standard InChI is InChI=1S/C16H16BrFN2O/c1-16(15(19)21,13-8-7-12(18)9-14(13)17)20-10-11-5-3-2-4-6-11/h2-9,20H,10H2,1H3,(H2,19,21). The van der Waals surface area contributed by atoms with Crippen LogP contribution in [0.5, 0.6) is 0 Å². The molecule has 3 N–H and O–H groups in total. The van der Waals surface area contributed by atoms with Gasteiger partial charge in [0.2, 0.25) is 5.91 Å². The maximum Gasteiger partial charge on any atom is 0.242 e. The van der Waals surface area contributed by atoms with Crippen LogP contribution >= 0.6 is 15.9 Å². The molecule has 0 aliphatic rings. The minimum atomic E-state index is -1.09. The molecule has 1 amide bonds. The predicted octanol–water partition coefficient (Wildman–Crippen LogP) is 3.08. The molecule has 0 aliphatic carbocycles. The summed E-state index contributed by atoms with van der Waals surface area (Å²) >= 11 is 3.29. The van der Waals surface area contributed by atoms with Crippen LogP contribution < -0.4 is 11.1 Å². The minimum Gasteiger partial charge on any atom is -0.368 e. The zero-order valence-corrected chi connectivity index (χ0v) is 13.2. The van der Waals surface area contributed by atoms with Crippen LogP contribution in [0.2, 0.25) is 0 Å². The number of nitrogens with two attached hydrogens (primary N) is 1. The molecular weight excluding hydrogens is 335 g/mol. The fourth-order valence-corrected chi connectivity index (χ4v) is 2.83. The molecule has 0 aromatic heterocycles. The summed E-state index contributed by atoms with van der Waals surface area (Å²) < 4.78 is 13.7. The number of hydrogen-bond acceptors (Lipinski definition) is 2. The summed E-state index contributed by atoms with van der Waals surface area (Å²) in [6, 6.07) is 13.9. The molecular formula is C16H16BrFN2O. The van der Waals surface area contributed by atoms with Crippen LogP contribution in [0.4, 0.5) is 4.39 Å². The van der Waals surface area contributed by atoms with Gasteiger partial charge in [0, 0.05) is 11.0 Å². The summed E-state index contributed by atoms with van der Waals surface area (Å²) in [6.07, 6.45) is 0. The van der Waals surface area contributed by atoms with E-state index in [1.165, 1.54) is 12.1 Å². The summed E-state index contributed by atoms with van der Waals surface area (Å²) in [5.41, 5.74) is 6.10. The third kappa shape index (κ3) is 3.49. The molecule has 3 nitrogen and oxygen atoms in total. The van der Waals surface area contributed by atoms with Crippen molar-refractivity contribution in [1.29, 1.82) is 0 Å². The van der Waals surface area contributed by atoms with Gasteiger partial charge in [0.25, 0.3) is 0 Å². The summed E-state index contributed by atoms with van der Waals surface area (Å²) in [5, 5.41) is 3.16. The van der Waals surface area contributed by atoms with E-state index in [0.717, 1.165) is 5.56 Å². The van der Waals surface area contributed by atoms with Crippen LogP contribution in [0.1, 0.15) is 18.1 Å². The largest absolute Gasteiger partial charge is 0.368 e. The third-order valence-corrected chi connectivity index (χ3v) is 4.11. The van der Waals surface area contributed by atoms with Gasteiger partial charge in [-0.25, -0.2) is 4.39 Å². The van der Waals surface area contributed by atoms with Crippen LogP contribution in [-0.4, -0.2) is 5.91 Å². The molecule has 2 aromatic carbocycles. The first-order chi connectivity index (χ1) is 9.93. The highest BCUT2D eigenvalue weighted by molar-refractivity contribution is 9.10. The number of carbonyl (C=O) groups excluding carboxylic acids is 1. The normalized spacial score (nSPS) is 13.7. The molecule has 2 rings (SSSR count). The Morgan fingerprint density at radius 3 is 2.52 bits per heavy atom. The third-order valence-electron chi connectivity index (χ3n) is 3.45. The van der Waals surface area contributed by atoms with Gasteiger partial charge in [-0.1, -0.05) is 52.3 Å². The zero-order valence-electron chi connectivity index (χ0n) is 11.6. The van der Waals surface area contributed by atoms with Crippen molar-refractivity contribution >= 4 is 21.8 Å². The maximum atomic E-state index is 13.2. The number of nitrogens with one attached hydrogen (secondary N) is 1. The molecule has 0 aliphatic heterocycles. The number of halogens is 2. The van der Waals surface area contributed by atoms with Crippen molar-refractivity contribution in [3.05, 3.63) is 69.9 Å². The van der Waals surface area contributed by atoms with E-state index >= 15 is 0 Å². The average Bonchev–Trinajstić information content (AvgIpc) is 2.45. The van der Waals surface area contributed by atoms with Gasteiger partial charge in [0.05, 0.1) is 0 Å². The van der Waals surface area contributed by atoms with E-state index in [2.05, 4.69) is 21.2 Å². The van der Waals surface area contributed by atoms with E-state index in [1.807, 2.05) is 30.3 Å². The molecule has 110 valence electrons. The van der Waals surface area contributed by atoms with Crippen molar-refractivity contribution < 1.29 is 9.18 Å². The predicted molar refractivity (Wildman–Crippen MR) is 83.9 cm³/mol. The van der Waals surface area contributed by atoms with E-state index in [-0.39, 0.29) is 5.82 Å². The second-order valence-corrected chi connectivity index (χ2v) is 5.81. The quantitative estimate of drug-likeness (QED) is 0.870. The van der Waals surface area contributed by atoms with Crippen LogP contribution in [0.15, 0.2) is 53.0 Å². The van der Waals surface area contributed by atoms with E-state index < -0.39 is 11.4 Å². The summed E-state index contributed by atoms with van der Waals surface area (Å²) in [7, 11) is 0. The second-order valence-electron chi connectivity index (χ2n) is 4.95. The lowest BCUT2D eigenvalue weighted by Crippen LogP contribution is -2.50. The van der Waals surface area contributed by atoms with E-state index in [9.17, 15) is 9.18 Å². The first-order valence-electron chi connectivity index (χ1n) is 6.48. The highest BCUT2D eigenvalue weighted by Crippen LogP contribution is 2.29. The van der Waals surface area contributed by atoms with Crippen LogP contribution in [0.25, 0.3) is 0 Å². The summed E-state index contributed by atoms with van der Waals surface area (Å²) in [6.45, 7) is 2.17. The van der Waals surface area contributed by atoms with Crippen molar-refractivity contribution in [3.8, 4) is 0 Å². The first kappa shape index (κ1) is 15.7. The van der Waals surface area contributed by atoms with Crippen molar-refractivity contribution in [3.63, 3.8) is 0 Å². The van der Waals surface area contributed by atoms with Crippen LogP contribution in [-0.2, 0) is 16.9 Å². The first-order valence-corrected chi connectivity index (χ1v) is 7.27. The lowest BCUT2D eigenvalue weighted by atomic mass is 9.91. The summed E-state index contributed by atoms with van der Waals surface area (Å²) in [4.78, 5) is 11.9. The maximum absolute atomic E-state index is 13.2. The molecule has 1 atom stereocenters. The average molecular weight is 351 g/mol. The molecule has 21 heavy (non-hydrogen) atoms. The fourth-order valence-electron chi connectivity index (χ4n) is 2.08. The molecule has 0 bridgehead atoms. The Kier molecular flexibility index (Phi) is 4.75. The van der Waals surface area contributed by atoms with Crippen molar-refractivity contribution in [1.82, 2.24) is 5.32 Å². The molecule has 2 aromatic rings. The van der Waals surface area contributed by atoms with Crippen LogP contribution in [0.3, 0.4) is 0 Å². The Labute approximate surface area is 131 Å². The van der Waals surface area contributed by atoms with Gasteiger partial charge < -0.3 is 5.73 Å². The molecule has 0 saturated carbocycles. The Hall–Kier alpha value is -1.72. The SMILES string of the molecule is CC(NCc1ccccc1)(C(N)=O)c1ccc(F)cc1Br. The summed E-state index contributed by atoms with van der Waals surface area (Å²) in [5.74, 6) is -0.897. The van der Waals surface area contributed by atoms with Gasteiger partial charge in [0.15, 0.2) is 0 Å². The number of hydrogen-bond donors (Lipinski definition) is 2. The van der Waals surface area contributed by atoms with Gasteiger partial charge in [-0.15, -0.1) is 0 Å². The van der Waals surface area contributed by atoms with E-state index in [1.54, 1.807) is 13.0 Å². The monoisotopic (exact) mass is 350 g/mol. The van der Waals surface area contributed by atoms with Gasteiger partial charge in [0.1, 0.15) is 11.4 Å². The number of amides is 1. The lowest BCUT2D eigenvalue weighted by molar-refractivity contribution is -0.124. The fraction of sp³-hybridized carbons (Fsp3) is 0.188. The molecule has 1 unspecified atom stereocenters. The van der Waals surface area contributed by atoms with Crippen molar-refractivity contribution in [2.45, 2.75) is 19.0 Å². The Morgan fingerprint density at radius 1 is 1.29 bits per heavy atom. The van der Waals surface area contributed by atoms with Gasteiger partial charge >= 0.3 is 0 Å². The molecule has 5 heteroatoms. The number of benzene rings is 2. The van der Waals surface area contributed by atoms with Crippen molar-refractivity contribution in [2.24, 2.45) is 5.73 Å². The Balaban J connectivity index is 2.30. The molecule has 0 saturated heterocycles. The minimum absolute atomic E-state index is 0.375. The lowest BCUT2D eigenvalue weighted by Gasteiger charge is -2.29. The van der Waals surface area contributed by atoms with Gasteiger partial charge in [-0.05, 0) is 30.2 Å². The Morgan fingerprint density at radius 2 is 1.95 bits per heavy atom.